The maximum absolute atomic E-state index is 14.1. The van der Waals surface area contributed by atoms with Crippen molar-refractivity contribution in [3.8, 4) is 11.1 Å². The fourth-order valence-electron chi connectivity index (χ4n) is 2.41. The van der Waals surface area contributed by atoms with Crippen molar-refractivity contribution < 1.29 is 4.39 Å². The highest BCUT2D eigenvalue weighted by molar-refractivity contribution is 5.69. The second-order valence-corrected chi connectivity index (χ2v) is 4.79. The van der Waals surface area contributed by atoms with E-state index in [0.29, 0.717) is 12.1 Å². The van der Waals surface area contributed by atoms with Gasteiger partial charge in [0.15, 0.2) is 0 Å². The van der Waals surface area contributed by atoms with Crippen LogP contribution in [0.3, 0.4) is 0 Å². The van der Waals surface area contributed by atoms with E-state index in [-0.39, 0.29) is 5.82 Å². The van der Waals surface area contributed by atoms with Gasteiger partial charge >= 0.3 is 0 Å². The van der Waals surface area contributed by atoms with E-state index >= 15 is 0 Å². The van der Waals surface area contributed by atoms with Gasteiger partial charge in [0.05, 0.1) is 5.69 Å². The van der Waals surface area contributed by atoms with Gasteiger partial charge in [-0.05, 0) is 38.0 Å². The van der Waals surface area contributed by atoms with Crippen LogP contribution in [-0.2, 0) is 13.1 Å². The highest BCUT2D eigenvalue weighted by Crippen LogP contribution is 2.30. The van der Waals surface area contributed by atoms with Crippen LogP contribution in [0.5, 0.6) is 0 Å². The molecule has 0 fully saturated rings. The van der Waals surface area contributed by atoms with E-state index in [4.69, 9.17) is 5.73 Å². The second kappa shape index (κ2) is 5.53. The molecular weight excluding hydrogens is 241 g/mol. The number of benzene rings is 1. The molecule has 19 heavy (non-hydrogen) atoms. The van der Waals surface area contributed by atoms with Crippen LogP contribution in [0.1, 0.15) is 30.3 Å². The normalized spacial score (nSPS) is 11.0. The summed E-state index contributed by atoms with van der Waals surface area (Å²) in [6.07, 6.45) is 1.01. The Balaban J connectivity index is 2.58. The van der Waals surface area contributed by atoms with Crippen LogP contribution < -0.4 is 5.73 Å². The van der Waals surface area contributed by atoms with E-state index in [1.165, 1.54) is 6.07 Å². The van der Waals surface area contributed by atoms with Crippen molar-refractivity contribution in [1.29, 1.82) is 0 Å². The van der Waals surface area contributed by atoms with Crippen molar-refractivity contribution in [2.75, 3.05) is 0 Å². The van der Waals surface area contributed by atoms with Crippen LogP contribution in [0, 0.1) is 19.7 Å². The van der Waals surface area contributed by atoms with Crippen LogP contribution >= 0.6 is 0 Å². The zero-order valence-corrected chi connectivity index (χ0v) is 11.7. The smallest absolute Gasteiger partial charge is 0.131 e. The third-order valence-corrected chi connectivity index (χ3v) is 3.35. The monoisotopic (exact) mass is 261 g/mol. The fraction of sp³-hybridized carbons (Fsp3) is 0.400. The summed E-state index contributed by atoms with van der Waals surface area (Å²) in [6, 6.07) is 5.02. The lowest BCUT2D eigenvalue weighted by molar-refractivity contribution is 0.583. The number of nitrogens with zero attached hydrogens (tertiary/aromatic N) is 2. The molecule has 0 amide bonds. The number of halogens is 1. The molecule has 0 atom stereocenters. The van der Waals surface area contributed by atoms with Crippen molar-refractivity contribution in [2.45, 2.75) is 40.3 Å². The summed E-state index contributed by atoms with van der Waals surface area (Å²) in [6.45, 7) is 7.27. The lowest BCUT2D eigenvalue weighted by Gasteiger charge is -2.07. The van der Waals surface area contributed by atoms with Crippen LogP contribution in [0.25, 0.3) is 11.1 Å². The number of aromatic nitrogens is 2. The molecule has 4 heteroatoms. The van der Waals surface area contributed by atoms with Crippen molar-refractivity contribution >= 4 is 0 Å². The number of nitrogens with two attached hydrogens (primary N) is 1. The topological polar surface area (TPSA) is 43.8 Å². The first kappa shape index (κ1) is 13.7. The van der Waals surface area contributed by atoms with E-state index in [0.717, 1.165) is 35.5 Å². The summed E-state index contributed by atoms with van der Waals surface area (Å²) in [4.78, 5) is 0. The third kappa shape index (κ3) is 2.54. The van der Waals surface area contributed by atoms with Crippen molar-refractivity contribution in [1.82, 2.24) is 9.78 Å². The Hall–Kier alpha value is -1.68. The lowest BCUT2D eigenvalue weighted by Crippen LogP contribution is -2.01. The minimum atomic E-state index is -0.223. The summed E-state index contributed by atoms with van der Waals surface area (Å²) in [7, 11) is 0. The van der Waals surface area contributed by atoms with E-state index in [2.05, 4.69) is 12.0 Å². The summed E-state index contributed by atoms with van der Waals surface area (Å²) in [5.74, 6) is -0.223. The van der Waals surface area contributed by atoms with Crippen LogP contribution in [0.4, 0.5) is 4.39 Å². The highest BCUT2D eigenvalue weighted by Gasteiger charge is 2.16. The molecule has 1 aromatic carbocycles. The number of hydrogen-bond acceptors (Lipinski definition) is 2. The number of hydrogen-bond donors (Lipinski definition) is 1. The van der Waals surface area contributed by atoms with Gasteiger partial charge in [0.2, 0.25) is 0 Å². The minimum Gasteiger partial charge on any atom is -0.326 e. The first-order chi connectivity index (χ1) is 9.08. The highest BCUT2D eigenvalue weighted by atomic mass is 19.1. The molecule has 0 radical (unpaired) electrons. The zero-order chi connectivity index (χ0) is 14.0. The van der Waals surface area contributed by atoms with Gasteiger partial charge < -0.3 is 5.73 Å². The lowest BCUT2D eigenvalue weighted by atomic mass is 10.0. The molecule has 0 spiro atoms. The van der Waals surface area contributed by atoms with Gasteiger partial charge in [0, 0.05) is 29.9 Å². The Bertz CT molecular complexity index is 587. The first-order valence-electron chi connectivity index (χ1n) is 6.61. The molecule has 0 aliphatic rings. The van der Waals surface area contributed by atoms with Gasteiger partial charge in [-0.3, -0.25) is 4.68 Å². The van der Waals surface area contributed by atoms with Gasteiger partial charge in [-0.15, -0.1) is 0 Å². The predicted molar refractivity (Wildman–Crippen MR) is 75.3 cm³/mol. The molecule has 0 bridgehead atoms. The number of rotatable bonds is 4. The van der Waals surface area contributed by atoms with Gasteiger partial charge in [-0.1, -0.05) is 13.0 Å². The molecule has 2 rings (SSSR count). The summed E-state index contributed by atoms with van der Waals surface area (Å²) in [5, 5.41) is 4.49. The molecule has 0 saturated heterocycles. The van der Waals surface area contributed by atoms with Crippen LogP contribution in [0.15, 0.2) is 18.2 Å². The molecule has 0 saturated carbocycles. The Kier molecular flexibility index (Phi) is 4.00. The summed E-state index contributed by atoms with van der Waals surface area (Å²) >= 11 is 0. The third-order valence-electron chi connectivity index (χ3n) is 3.35. The fourth-order valence-corrected chi connectivity index (χ4v) is 2.41. The molecular formula is C15H20FN3. The van der Waals surface area contributed by atoms with Crippen LogP contribution in [0.2, 0.25) is 0 Å². The van der Waals surface area contributed by atoms with E-state index in [1.54, 1.807) is 6.07 Å². The molecule has 3 nitrogen and oxygen atoms in total. The molecule has 1 heterocycles. The predicted octanol–water partition coefficient (Wildman–Crippen LogP) is 3.17. The van der Waals surface area contributed by atoms with Crippen molar-refractivity contribution in [3.63, 3.8) is 0 Å². The Morgan fingerprint density at radius 3 is 2.68 bits per heavy atom. The average molecular weight is 261 g/mol. The van der Waals surface area contributed by atoms with Gasteiger partial charge in [-0.25, -0.2) is 4.39 Å². The largest absolute Gasteiger partial charge is 0.326 e. The second-order valence-electron chi connectivity index (χ2n) is 4.79. The van der Waals surface area contributed by atoms with E-state index in [9.17, 15) is 4.39 Å². The molecule has 2 aromatic rings. The minimum absolute atomic E-state index is 0.223. The molecule has 0 unspecified atom stereocenters. The van der Waals surface area contributed by atoms with E-state index in [1.807, 2.05) is 24.6 Å². The van der Waals surface area contributed by atoms with Gasteiger partial charge in [0.1, 0.15) is 5.82 Å². The maximum atomic E-state index is 14.1. The Morgan fingerprint density at radius 2 is 2.05 bits per heavy atom. The number of aryl methyl sites for hydroxylation is 2. The van der Waals surface area contributed by atoms with Crippen LogP contribution in [-0.4, -0.2) is 9.78 Å². The summed E-state index contributed by atoms with van der Waals surface area (Å²) < 4.78 is 16.0. The van der Waals surface area contributed by atoms with Gasteiger partial charge in [-0.2, -0.15) is 5.10 Å². The van der Waals surface area contributed by atoms with E-state index < -0.39 is 0 Å². The molecule has 102 valence electrons. The molecule has 1 aromatic heterocycles. The standard InChI is InChI=1S/C15H20FN3/c1-4-7-19-11(3)15(10(2)18-19)13-8-12(9-17)5-6-14(13)16/h5-6,8H,4,7,9,17H2,1-3H3. The molecule has 0 aliphatic heterocycles. The zero-order valence-electron chi connectivity index (χ0n) is 11.7. The Labute approximate surface area is 113 Å². The Morgan fingerprint density at radius 1 is 1.32 bits per heavy atom. The molecule has 0 aliphatic carbocycles. The first-order valence-corrected chi connectivity index (χ1v) is 6.61. The SMILES string of the molecule is CCCn1nc(C)c(-c2cc(CN)ccc2F)c1C. The van der Waals surface area contributed by atoms with Gasteiger partial charge in [0.25, 0.3) is 0 Å². The van der Waals surface area contributed by atoms with Crippen molar-refractivity contribution in [3.05, 3.63) is 41.0 Å². The maximum Gasteiger partial charge on any atom is 0.131 e. The average Bonchev–Trinajstić information content (AvgIpc) is 2.66. The molecule has 2 N–H and O–H groups in total. The quantitative estimate of drug-likeness (QED) is 0.918. The van der Waals surface area contributed by atoms with Crippen molar-refractivity contribution in [2.24, 2.45) is 5.73 Å². The summed E-state index contributed by atoms with van der Waals surface area (Å²) in [5.41, 5.74) is 9.92.